The predicted octanol–water partition coefficient (Wildman–Crippen LogP) is 3.73. The summed E-state index contributed by atoms with van der Waals surface area (Å²) in [6.45, 7) is 3.96. The Hall–Kier alpha value is -2.59. The Balaban J connectivity index is 2.12. The van der Waals surface area contributed by atoms with Crippen molar-refractivity contribution in [3.05, 3.63) is 64.0 Å². The van der Waals surface area contributed by atoms with E-state index in [0.29, 0.717) is 5.58 Å². The Morgan fingerprint density at radius 1 is 1.14 bits per heavy atom. The van der Waals surface area contributed by atoms with E-state index in [1.54, 1.807) is 6.07 Å². The maximum absolute atomic E-state index is 12.0. The quantitative estimate of drug-likeness (QED) is 0.695. The van der Waals surface area contributed by atoms with Gasteiger partial charge in [-0.05, 0) is 31.0 Å². The molecule has 0 amide bonds. The molecule has 0 radical (unpaired) electrons. The molecule has 1 aliphatic heterocycles. The maximum Gasteiger partial charge on any atom is 0.336 e. The lowest BCUT2D eigenvalue weighted by molar-refractivity contribution is 0.199. The SMILES string of the molecule is Cc1c2c(cc3c(-c4ccccc4)cc(=O)oc13)C(C)NO2. The van der Waals surface area contributed by atoms with E-state index in [1.165, 1.54) is 0 Å². The van der Waals surface area contributed by atoms with Crippen molar-refractivity contribution in [3.8, 4) is 16.9 Å². The third kappa shape index (κ3) is 1.84. The highest BCUT2D eigenvalue weighted by molar-refractivity contribution is 5.96. The summed E-state index contributed by atoms with van der Waals surface area (Å²) in [6, 6.07) is 13.6. The number of rotatable bonds is 1. The Morgan fingerprint density at radius 2 is 1.91 bits per heavy atom. The number of hydrogen-bond acceptors (Lipinski definition) is 4. The lowest BCUT2D eigenvalue weighted by Crippen LogP contribution is -2.13. The van der Waals surface area contributed by atoms with Gasteiger partial charge in [-0.3, -0.25) is 0 Å². The summed E-state index contributed by atoms with van der Waals surface area (Å²) < 4.78 is 5.45. The van der Waals surface area contributed by atoms with Crippen molar-refractivity contribution >= 4 is 11.0 Å². The predicted molar refractivity (Wildman–Crippen MR) is 84.8 cm³/mol. The van der Waals surface area contributed by atoms with Gasteiger partial charge in [0.1, 0.15) is 5.58 Å². The highest BCUT2D eigenvalue weighted by atomic mass is 16.7. The van der Waals surface area contributed by atoms with Crippen LogP contribution in [0, 0.1) is 6.92 Å². The van der Waals surface area contributed by atoms with Crippen molar-refractivity contribution in [3.63, 3.8) is 0 Å². The van der Waals surface area contributed by atoms with Crippen LogP contribution in [-0.2, 0) is 0 Å². The molecule has 2 heterocycles. The molecule has 0 bridgehead atoms. The molecule has 110 valence electrons. The summed E-state index contributed by atoms with van der Waals surface area (Å²) in [7, 11) is 0. The van der Waals surface area contributed by atoms with Gasteiger partial charge in [0.05, 0.1) is 6.04 Å². The summed E-state index contributed by atoms with van der Waals surface area (Å²) in [5, 5.41) is 0.932. The van der Waals surface area contributed by atoms with Gasteiger partial charge in [0.15, 0.2) is 5.75 Å². The van der Waals surface area contributed by atoms with E-state index in [1.807, 2.05) is 50.2 Å². The zero-order valence-electron chi connectivity index (χ0n) is 12.3. The van der Waals surface area contributed by atoms with Crippen LogP contribution in [0.25, 0.3) is 22.1 Å². The van der Waals surface area contributed by atoms with Crippen LogP contribution in [0.5, 0.6) is 5.75 Å². The summed E-state index contributed by atoms with van der Waals surface area (Å²) in [4.78, 5) is 17.5. The molecule has 4 rings (SSSR count). The van der Waals surface area contributed by atoms with Crippen LogP contribution in [0.2, 0.25) is 0 Å². The smallest absolute Gasteiger partial charge is 0.336 e. The van der Waals surface area contributed by atoms with Crippen molar-refractivity contribution in [2.45, 2.75) is 19.9 Å². The molecule has 1 unspecified atom stereocenters. The molecule has 22 heavy (non-hydrogen) atoms. The molecule has 0 fully saturated rings. The third-order valence-corrected chi connectivity index (χ3v) is 4.13. The first-order valence-corrected chi connectivity index (χ1v) is 7.24. The van der Waals surface area contributed by atoms with E-state index < -0.39 is 0 Å². The average Bonchev–Trinajstić information content (AvgIpc) is 2.90. The molecule has 1 aromatic heterocycles. The normalized spacial score (nSPS) is 16.5. The fourth-order valence-electron chi connectivity index (χ4n) is 2.99. The second-order valence-corrected chi connectivity index (χ2v) is 5.58. The highest BCUT2D eigenvalue weighted by Gasteiger charge is 2.25. The Bertz CT molecular complexity index is 928. The number of benzene rings is 2. The van der Waals surface area contributed by atoms with E-state index in [0.717, 1.165) is 33.4 Å². The summed E-state index contributed by atoms with van der Waals surface area (Å²) in [5.74, 6) is 0.758. The van der Waals surface area contributed by atoms with E-state index in [4.69, 9.17) is 9.25 Å². The van der Waals surface area contributed by atoms with Crippen molar-refractivity contribution < 1.29 is 9.25 Å². The van der Waals surface area contributed by atoms with Gasteiger partial charge in [0, 0.05) is 22.6 Å². The van der Waals surface area contributed by atoms with Crippen LogP contribution in [0.4, 0.5) is 0 Å². The first-order chi connectivity index (χ1) is 10.6. The minimum Gasteiger partial charge on any atom is -0.422 e. The Kier molecular flexibility index (Phi) is 2.81. The van der Waals surface area contributed by atoms with Crippen LogP contribution in [-0.4, -0.2) is 0 Å². The molecule has 4 heteroatoms. The number of hydroxylamine groups is 1. The van der Waals surface area contributed by atoms with Gasteiger partial charge in [-0.25, -0.2) is 4.79 Å². The number of nitrogens with one attached hydrogen (secondary N) is 1. The molecule has 1 aliphatic rings. The Morgan fingerprint density at radius 3 is 2.68 bits per heavy atom. The van der Waals surface area contributed by atoms with Gasteiger partial charge in [0.25, 0.3) is 0 Å². The zero-order chi connectivity index (χ0) is 15.3. The summed E-state index contributed by atoms with van der Waals surface area (Å²) in [5.41, 5.74) is 7.00. The molecule has 0 saturated heterocycles. The van der Waals surface area contributed by atoms with Crippen molar-refractivity contribution in [2.24, 2.45) is 0 Å². The average molecular weight is 293 g/mol. The van der Waals surface area contributed by atoms with Gasteiger partial charge in [0.2, 0.25) is 0 Å². The molecule has 3 aromatic rings. The van der Waals surface area contributed by atoms with Crippen LogP contribution in [0.3, 0.4) is 0 Å². The van der Waals surface area contributed by atoms with Crippen LogP contribution < -0.4 is 15.9 Å². The molecule has 0 saturated carbocycles. The minimum absolute atomic E-state index is 0.105. The molecular weight excluding hydrogens is 278 g/mol. The van der Waals surface area contributed by atoms with E-state index in [9.17, 15) is 4.79 Å². The second-order valence-electron chi connectivity index (χ2n) is 5.58. The van der Waals surface area contributed by atoms with Gasteiger partial charge in [-0.2, -0.15) is 0 Å². The van der Waals surface area contributed by atoms with Gasteiger partial charge in [-0.15, -0.1) is 5.48 Å². The summed E-state index contributed by atoms with van der Waals surface area (Å²) in [6.07, 6.45) is 0. The number of fused-ring (bicyclic) bond motifs is 2. The van der Waals surface area contributed by atoms with Gasteiger partial charge < -0.3 is 9.25 Å². The lowest BCUT2D eigenvalue weighted by atomic mass is 9.96. The van der Waals surface area contributed by atoms with Crippen molar-refractivity contribution in [2.75, 3.05) is 0 Å². The second kappa shape index (κ2) is 4.71. The molecule has 1 atom stereocenters. The number of hydrogen-bond donors (Lipinski definition) is 1. The van der Waals surface area contributed by atoms with Crippen molar-refractivity contribution in [1.82, 2.24) is 5.48 Å². The lowest BCUT2D eigenvalue weighted by Gasteiger charge is -2.10. The zero-order valence-corrected chi connectivity index (χ0v) is 12.3. The maximum atomic E-state index is 12.0. The Labute approximate surface area is 127 Å². The van der Waals surface area contributed by atoms with Crippen molar-refractivity contribution in [1.29, 1.82) is 0 Å². The van der Waals surface area contributed by atoms with E-state index in [-0.39, 0.29) is 11.7 Å². The van der Waals surface area contributed by atoms with Crippen LogP contribution in [0.1, 0.15) is 24.1 Å². The molecule has 4 nitrogen and oxygen atoms in total. The molecule has 0 aliphatic carbocycles. The monoisotopic (exact) mass is 293 g/mol. The molecular formula is C18H15NO3. The summed E-state index contributed by atoms with van der Waals surface area (Å²) >= 11 is 0. The molecule has 1 N–H and O–H groups in total. The molecule has 2 aromatic carbocycles. The molecule has 0 spiro atoms. The van der Waals surface area contributed by atoms with Crippen LogP contribution in [0.15, 0.2) is 51.7 Å². The van der Waals surface area contributed by atoms with E-state index in [2.05, 4.69) is 5.48 Å². The topological polar surface area (TPSA) is 51.5 Å². The number of aryl methyl sites for hydroxylation is 1. The standard InChI is InChI=1S/C18H15NO3/c1-10-17-15(8-13-11(2)19-22-18(10)13)14(9-16(20)21-17)12-6-4-3-5-7-12/h3-9,11,19H,1-2H3. The minimum atomic E-state index is -0.353. The fourth-order valence-corrected chi connectivity index (χ4v) is 2.99. The highest BCUT2D eigenvalue weighted by Crippen LogP contribution is 2.40. The van der Waals surface area contributed by atoms with Gasteiger partial charge in [-0.1, -0.05) is 30.3 Å². The van der Waals surface area contributed by atoms with Gasteiger partial charge >= 0.3 is 5.63 Å². The largest absolute Gasteiger partial charge is 0.422 e. The first kappa shape index (κ1) is 13.1. The fraction of sp³-hybridized carbons (Fsp3) is 0.167. The third-order valence-electron chi connectivity index (χ3n) is 4.13. The van der Waals surface area contributed by atoms with Crippen LogP contribution >= 0.6 is 0 Å². The first-order valence-electron chi connectivity index (χ1n) is 7.24. The van der Waals surface area contributed by atoms with E-state index >= 15 is 0 Å².